The van der Waals surface area contributed by atoms with E-state index in [0.717, 1.165) is 6.42 Å². The molecule has 0 aliphatic carbocycles. The fourth-order valence-corrected chi connectivity index (χ4v) is 1.02. The minimum atomic E-state index is -0.524. The van der Waals surface area contributed by atoms with Gasteiger partial charge < -0.3 is 10.5 Å². The van der Waals surface area contributed by atoms with Gasteiger partial charge in [0.15, 0.2) is 0 Å². The minimum absolute atomic E-state index is 0.0797. The summed E-state index contributed by atoms with van der Waals surface area (Å²) in [6.45, 7) is 5.72. The third kappa shape index (κ3) is 3.08. The molecule has 6 nitrogen and oxygen atoms in total. The van der Waals surface area contributed by atoms with Gasteiger partial charge in [-0.15, -0.1) is 0 Å². The highest BCUT2D eigenvalue weighted by molar-refractivity contribution is 5.45. The standard InChI is InChI=1S/C10H15N3O3/c1-4-10(2,3)16-9-6-7(13(14)15)5-8(11)12-9/h5-6H,4H2,1-3H3,(H2,11,12). The van der Waals surface area contributed by atoms with E-state index >= 15 is 0 Å². The highest BCUT2D eigenvalue weighted by Gasteiger charge is 2.19. The van der Waals surface area contributed by atoms with E-state index in [9.17, 15) is 10.1 Å². The van der Waals surface area contributed by atoms with Gasteiger partial charge in [-0.2, -0.15) is 4.98 Å². The van der Waals surface area contributed by atoms with Gasteiger partial charge in [0, 0.05) is 0 Å². The maximum absolute atomic E-state index is 10.6. The van der Waals surface area contributed by atoms with Gasteiger partial charge in [0.25, 0.3) is 5.69 Å². The van der Waals surface area contributed by atoms with Crippen LogP contribution < -0.4 is 10.5 Å². The van der Waals surface area contributed by atoms with Crippen LogP contribution in [0.4, 0.5) is 11.5 Å². The van der Waals surface area contributed by atoms with Crippen molar-refractivity contribution in [3.05, 3.63) is 22.2 Å². The first-order valence-electron chi connectivity index (χ1n) is 4.95. The second-order valence-corrected chi connectivity index (χ2v) is 4.06. The number of pyridine rings is 1. The lowest BCUT2D eigenvalue weighted by atomic mass is 10.1. The monoisotopic (exact) mass is 225 g/mol. The molecular weight excluding hydrogens is 210 g/mol. The Morgan fingerprint density at radius 1 is 1.56 bits per heavy atom. The van der Waals surface area contributed by atoms with Crippen molar-refractivity contribution in [2.24, 2.45) is 0 Å². The maximum Gasteiger partial charge on any atom is 0.278 e. The third-order valence-corrected chi connectivity index (χ3v) is 2.25. The van der Waals surface area contributed by atoms with Gasteiger partial charge in [0.2, 0.25) is 5.88 Å². The number of hydrogen-bond acceptors (Lipinski definition) is 5. The molecule has 88 valence electrons. The minimum Gasteiger partial charge on any atom is -0.471 e. The molecule has 16 heavy (non-hydrogen) atoms. The average Bonchev–Trinajstić information content (AvgIpc) is 2.16. The second kappa shape index (κ2) is 4.34. The molecule has 0 spiro atoms. The molecule has 2 N–H and O–H groups in total. The van der Waals surface area contributed by atoms with Crippen molar-refractivity contribution in [1.29, 1.82) is 0 Å². The van der Waals surface area contributed by atoms with Crippen LogP contribution in [-0.4, -0.2) is 15.5 Å². The Kier molecular flexibility index (Phi) is 3.31. The smallest absolute Gasteiger partial charge is 0.278 e. The summed E-state index contributed by atoms with van der Waals surface area (Å²) in [5, 5.41) is 10.6. The largest absolute Gasteiger partial charge is 0.471 e. The molecule has 0 aliphatic heterocycles. The summed E-state index contributed by atoms with van der Waals surface area (Å²) < 4.78 is 5.53. The zero-order valence-electron chi connectivity index (χ0n) is 9.56. The average molecular weight is 225 g/mol. The number of hydrogen-bond donors (Lipinski definition) is 1. The van der Waals surface area contributed by atoms with Gasteiger partial charge in [-0.05, 0) is 20.3 Å². The maximum atomic E-state index is 10.6. The molecule has 0 fully saturated rings. The molecule has 0 unspecified atom stereocenters. The Hall–Kier alpha value is -1.85. The first kappa shape index (κ1) is 12.2. The van der Waals surface area contributed by atoms with Crippen LogP contribution in [0.3, 0.4) is 0 Å². The molecule has 1 aromatic heterocycles. The predicted molar refractivity (Wildman–Crippen MR) is 60.3 cm³/mol. The van der Waals surface area contributed by atoms with Crippen molar-refractivity contribution in [3.8, 4) is 5.88 Å². The number of anilines is 1. The number of ether oxygens (including phenoxy) is 1. The highest BCUT2D eigenvalue weighted by Crippen LogP contribution is 2.24. The van der Waals surface area contributed by atoms with E-state index in [-0.39, 0.29) is 17.4 Å². The number of nitrogen functional groups attached to an aromatic ring is 1. The molecule has 1 heterocycles. The fourth-order valence-electron chi connectivity index (χ4n) is 1.02. The van der Waals surface area contributed by atoms with Crippen LogP contribution in [0, 0.1) is 10.1 Å². The van der Waals surface area contributed by atoms with Crippen LogP contribution in [-0.2, 0) is 0 Å². The van der Waals surface area contributed by atoms with Crippen molar-refractivity contribution in [2.45, 2.75) is 32.8 Å². The summed E-state index contributed by atoms with van der Waals surface area (Å²) in [7, 11) is 0. The zero-order valence-corrected chi connectivity index (χ0v) is 9.56. The van der Waals surface area contributed by atoms with Gasteiger partial charge in [-0.1, -0.05) is 6.92 Å². The quantitative estimate of drug-likeness (QED) is 0.626. The summed E-state index contributed by atoms with van der Waals surface area (Å²) in [5.74, 6) is 0.259. The van der Waals surface area contributed by atoms with Crippen LogP contribution in [0.15, 0.2) is 12.1 Å². The fraction of sp³-hybridized carbons (Fsp3) is 0.500. The Morgan fingerprint density at radius 2 is 2.19 bits per heavy atom. The lowest BCUT2D eigenvalue weighted by Gasteiger charge is -2.23. The molecule has 0 aromatic carbocycles. The van der Waals surface area contributed by atoms with E-state index in [1.54, 1.807) is 0 Å². The topological polar surface area (TPSA) is 91.3 Å². The van der Waals surface area contributed by atoms with Crippen molar-refractivity contribution in [3.63, 3.8) is 0 Å². The summed E-state index contributed by atoms with van der Waals surface area (Å²) in [6.07, 6.45) is 0.761. The Labute approximate surface area is 93.6 Å². The first-order chi connectivity index (χ1) is 7.34. The molecular formula is C10H15N3O3. The van der Waals surface area contributed by atoms with E-state index in [4.69, 9.17) is 10.5 Å². The van der Waals surface area contributed by atoms with Crippen molar-refractivity contribution >= 4 is 11.5 Å². The number of nitro groups is 1. The van der Waals surface area contributed by atoms with Gasteiger partial charge in [0.05, 0.1) is 17.1 Å². The normalized spacial score (nSPS) is 11.2. The molecule has 0 bridgehead atoms. The Balaban J connectivity index is 3.01. The van der Waals surface area contributed by atoms with E-state index in [1.165, 1.54) is 12.1 Å². The van der Waals surface area contributed by atoms with Crippen molar-refractivity contribution in [1.82, 2.24) is 4.98 Å². The predicted octanol–water partition coefficient (Wildman–Crippen LogP) is 2.14. The molecule has 0 aliphatic rings. The number of nitrogens with zero attached hydrogens (tertiary/aromatic N) is 2. The summed E-state index contributed by atoms with van der Waals surface area (Å²) in [4.78, 5) is 14.0. The molecule has 6 heteroatoms. The third-order valence-electron chi connectivity index (χ3n) is 2.25. The van der Waals surface area contributed by atoms with Crippen molar-refractivity contribution in [2.75, 3.05) is 5.73 Å². The molecule has 0 amide bonds. The summed E-state index contributed by atoms with van der Waals surface area (Å²) in [5.41, 5.74) is 4.92. The van der Waals surface area contributed by atoms with Crippen molar-refractivity contribution < 1.29 is 9.66 Å². The van der Waals surface area contributed by atoms with Crippen LogP contribution in [0.1, 0.15) is 27.2 Å². The lowest BCUT2D eigenvalue weighted by Crippen LogP contribution is -2.27. The van der Waals surface area contributed by atoms with E-state index in [1.807, 2.05) is 20.8 Å². The molecule has 0 radical (unpaired) electrons. The summed E-state index contributed by atoms with van der Waals surface area (Å²) >= 11 is 0. The van der Waals surface area contributed by atoms with E-state index < -0.39 is 10.5 Å². The lowest BCUT2D eigenvalue weighted by molar-refractivity contribution is -0.384. The Bertz CT molecular complexity index is 404. The van der Waals surface area contributed by atoms with Gasteiger partial charge in [-0.25, -0.2) is 0 Å². The zero-order chi connectivity index (χ0) is 12.3. The van der Waals surface area contributed by atoms with Crippen LogP contribution in [0.2, 0.25) is 0 Å². The molecule has 1 rings (SSSR count). The van der Waals surface area contributed by atoms with Gasteiger partial charge in [0.1, 0.15) is 11.4 Å². The number of aromatic nitrogens is 1. The second-order valence-electron chi connectivity index (χ2n) is 4.06. The number of nitrogens with two attached hydrogens (primary N) is 1. The molecule has 0 saturated heterocycles. The SMILES string of the molecule is CCC(C)(C)Oc1cc([N+](=O)[O-])cc(N)n1. The molecule has 0 atom stereocenters. The highest BCUT2D eigenvalue weighted by atomic mass is 16.6. The summed E-state index contributed by atoms with van der Waals surface area (Å²) in [6, 6.07) is 2.47. The Morgan fingerprint density at radius 3 is 2.69 bits per heavy atom. The first-order valence-corrected chi connectivity index (χ1v) is 4.95. The van der Waals surface area contributed by atoms with Crippen LogP contribution >= 0.6 is 0 Å². The van der Waals surface area contributed by atoms with E-state index in [2.05, 4.69) is 4.98 Å². The number of rotatable bonds is 4. The van der Waals surface area contributed by atoms with Gasteiger partial charge >= 0.3 is 0 Å². The molecule has 0 saturated carbocycles. The van der Waals surface area contributed by atoms with E-state index in [0.29, 0.717) is 0 Å². The van der Waals surface area contributed by atoms with Crippen LogP contribution in [0.25, 0.3) is 0 Å². The van der Waals surface area contributed by atoms with Gasteiger partial charge in [-0.3, -0.25) is 10.1 Å². The molecule has 1 aromatic rings. The van der Waals surface area contributed by atoms with Crippen LogP contribution in [0.5, 0.6) is 5.88 Å².